The van der Waals surface area contributed by atoms with Gasteiger partial charge in [0.15, 0.2) is 0 Å². The minimum atomic E-state index is 0.228. The Balaban J connectivity index is 2.51. The number of aryl methyl sites for hydroxylation is 2. The summed E-state index contributed by atoms with van der Waals surface area (Å²) in [6.07, 6.45) is 4.95. The molecule has 0 aromatic carbocycles. The minimum Gasteiger partial charge on any atom is -0.338 e. The van der Waals surface area contributed by atoms with Crippen LogP contribution in [0.25, 0.3) is 0 Å². The van der Waals surface area contributed by atoms with Crippen LogP contribution in [0, 0.1) is 0 Å². The van der Waals surface area contributed by atoms with E-state index < -0.39 is 0 Å². The molecule has 0 saturated carbocycles. The number of rotatable bonds is 3. The first-order valence-corrected chi connectivity index (χ1v) is 3.65. The van der Waals surface area contributed by atoms with E-state index in [0.29, 0.717) is 6.42 Å². The van der Waals surface area contributed by atoms with Gasteiger partial charge in [0.25, 0.3) is 0 Å². The zero-order valence-corrected chi connectivity index (χ0v) is 6.87. The number of nitrogens with zero attached hydrogens (tertiary/aromatic N) is 2. The van der Waals surface area contributed by atoms with Gasteiger partial charge in [-0.1, -0.05) is 0 Å². The van der Waals surface area contributed by atoms with Crippen LogP contribution in [0.5, 0.6) is 0 Å². The van der Waals surface area contributed by atoms with Crippen molar-refractivity contribution in [1.82, 2.24) is 9.55 Å². The molecule has 1 rings (SSSR count). The third-order valence-electron chi connectivity index (χ3n) is 1.65. The van der Waals surface area contributed by atoms with Crippen LogP contribution in [-0.4, -0.2) is 15.3 Å². The second-order valence-corrected chi connectivity index (χ2v) is 2.70. The van der Waals surface area contributed by atoms with Gasteiger partial charge in [-0.15, -0.1) is 0 Å². The number of imidazole rings is 1. The maximum atomic E-state index is 10.6. The molecule has 0 bridgehead atoms. The smallest absolute Gasteiger partial charge is 0.130 e. The summed E-state index contributed by atoms with van der Waals surface area (Å²) >= 11 is 0. The molecule has 3 nitrogen and oxygen atoms in total. The van der Waals surface area contributed by atoms with Crippen molar-refractivity contribution in [3.63, 3.8) is 0 Å². The molecule has 0 spiro atoms. The van der Waals surface area contributed by atoms with E-state index in [1.54, 1.807) is 19.4 Å². The van der Waals surface area contributed by atoms with Gasteiger partial charge in [-0.3, -0.25) is 0 Å². The predicted octanol–water partition coefficient (Wildman–Crippen LogP) is 0.942. The van der Waals surface area contributed by atoms with Crippen LogP contribution in [0.3, 0.4) is 0 Å². The largest absolute Gasteiger partial charge is 0.338 e. The average molecular weight is 152 g/mol. The highest BCUT2D eigenvalue weighted by atomic mass is 16.1. The lowest BCUT2D eigenvalue weighted by atomic mass is 10.2. The molecule has 0 atom stereocenters. The number of carbonyl (C=O) groups excluding carboxylic acids is 1. The summed E-state index contributed by atoms with van der Waals surface area (Å²) in [5.41, 5.74) is 1.11. The van der Waals surface area contributed by atoms with E-state index in [9.17, 15) is 4.79 Å². The second kappa shape index (κ2) is 3.32. The zero-order chi connectivity index (χ0) is 8.27. The summed E-state index contributed by atoms with van der Waals surface area (Å²) in [6, 6.07) is 0. The number of hydrogen-bond donors (Lipinski definition) is 0. The molecule has 60 valence electrons. The fraction of sp³-hybridized carbons (Fsp3) is 0.500. The van der Waals surface area contributed by atoms with E-state index in [4.69, 9.17) is 0 Å². The molecule has 11 heavy (non-hydrogen) atoms. The molecule has 0 aliphatic rings. The van der Waals surface area contributed by atoms with E-state index in [-0.39, 0.29) is 5.78 Å². The molecule has 1 aromatic rings. The third kappa shape index (κ3) is 2.18. The topological polar surface area (TPSA) is 34.9 Å². The van der Waals surface area contributed by atoms with Crippen LogP contribution in [0.15, 0.2) is 12.5 Å². The Hall–Kier alpha value is -1.12. The van der Waals surface area contributed by atoms with Gasteiger partial charge in [0, 0.05) is 25.4 Å². The highest BCUT2D eigenvalue weighted by Crippen LogP contribution is 2.00. The number of aromatic nitrogens is 2. The van der Waals surface area contributed by atoms with Crippen LogP contribution in [0.1, 0.15) is 19.0 Å². The highest BCUT2D eigenvalue weighted by molar-refractivity contribution is 5.75. The van der Waals surface area contributed by atoms with Crippen molar-refractivity contribution in [1.29, 1.82) is 0 Å². The molecule has 0 unspecified atom stereocenters. The Morgan fingerprint density at radius 2 is 2.45 bits per heavy atom. The van der Waals surface area contributed by atoms with E-state index in [2.05, 4.69) is 4.98 Å². The van der Waals surface area contributed by atoms with Crippen molar-refractivity contribution in [3.8, 4) is 0 Å². The van der Waals surface area contributed by atoms with Gasteiger partial charge in [-0.05, 0) is 13.3 Å². The van der Waals surface area contributed by atoms with Gasteiger partial charge < -0.3 is 9.36 Å². The van der Waals surface area contributed by atoms with Gasteiger partial charge in [-0.25, -0.2) is 4.98 Å². The Bertz CT molecular complexity index is 252. The van der Waals surface area contributed by atoms with Crippen molar-refractivity contribution in [2.75, 3.05) is 0 Å². The Kier molecular flexibility index (Phi) is 2.41. The first kappa shape index (κ1) is 7.98. The number of hydrogen-bond acceptors (Lipinski definition) is 2. The van der Waals surface area contributed by atoms with Gasteiger partial charge in [-0.2, -0.15) is 0 Å². The monoisotopic (exact) mass is 152 g/mol. The Morgan fingerprint density at radius 1 is 1.73 bits per heavy atom. The molecule has 3 heteroatoms. The summed E-state index contributed by atoms with van der Waals surface area (Å²) in [6.45, 7) is 1.61. The predicted molar refractivity (Wildman–Crippen MR) is 42.2 cm³/mol. The van der Waals surface area contributed by atoms with Crippen LogP contribution >= 0.6 is 0 Å². The van der Waals surface area contributed by atoms with E-state index >= 15 is 0 Å². The van der Waals surface area contributed by atoms with Gasteiger partial charge >= 0.3 is 0 Å². The van der Waals surface area contributed by atoms with Crippen LogP contribution in [0.2, 0.25) is 0 Å². The number of carbonyl (C=O) groups is 1. The second-order valence-electron chi connectivity index (χ2n) is 2.70. The van der Waals surface area contributed by atoms with Crippen molar-refractivity contribution < 1.29 is 4.79 Å². The Morgan fingerprint density at radius 3 is 2.91 bits per heavy atom. The molecule has 1 heterocycles. The molecule has 0 saturated heterocycles. The van der Waals surface area contributed by atoms with Gasteiger partial charge in [0.05, 0.1) is 6.33 Å². The lowest BCUT2D eigenvalue weighted by Crippen LogP contribution is -1.98. The number of ketones is 1. The molecule has 1 aromatic heterocycles. The molecular formula is C8H12N2O. The first-order chi connectivity index (χ1) is 5.20. The zero-order valence-electron chi connectivity index (χ0n) is 6.87. The molecule has 0 aliphatic heterocycles. The van der Waals surface area contributed by atoms with E-state index in [1.807, 2.05) is 11.6 Å². The SMILES string of the molecule is CC(=O)CCc1cncn1C. The minimum absolute atomic E-state index is 0.228. The molecule has 0 aliphatic carbocycles. The molecule has 0 N–H and O–H groups in total. The lowest BCUT2D eigenvalue weighted by molar-refractivity contribution is -0.117. The van der Waals surface area contributed by atoms with Crippen LogP contribution in [0.4, 0.5) is 0 Å². The van der Waals surface area contributed by atoms with Gasteiger partial charge in [0.1, 0.15) is 5.78 Å². The van der Waals surface area contributed by atoms with Crippen molar-refractivity contribution in [2.24, 2.45) is 7.05 Å². The quantitative estimate of drug-likeness (QED) is 0.646. The maximum absolute atomic E-state index is 10.6. The fourth-order valence-corrected chi connectivity index (χ4v) is 0.930. The first-order valence-electron chi connectivity index (χ1n) is 3.65. The lowest BCUT2D eigenvalue weighted by Gasteiger charge is -1.98. The summed E-state index contributed by atoms with van der Waals surface area (Å²) in [5, 5.41) is 0. The molecule has 0 radical (unpaired) electrons. The Labute approximate surface area is 66.1 Å². The average Bonchev–Trinajstić information content (AvgIpc) is 2.31. The van der Waals surface area contributed by atoms with E-state index in [1.165, 1.54) is 0 Å². The molecular weight excluding hydrogens is 140 g/mol. The van der Waals surface area contributed by atoms with Crippen LogP contribution in [-0.2, 0) is 18.3 Å². The molecule has 0 fully saturated rings. The van der Waals surface area contributed by atoms with Crippen molar-refractivity contribution >= 4 is 5.78 Å². The third-order valence-corrected chi connectivity index (χ3v) is 1.65. The summed E-state index contributed by atoms with van der Waals surface area (Å²) < 4.78 is 1.93. The summed E-state index contributed by atoms with van der Waals surface area (Å²) in [5.74, 6) is 0.228. The molecule has 0 amide bonds. The standard InChI is InChI=1S/C8H12N2O/c1-7(11)3-4-8-5-9-6-10(8)2/h5-6H,3-4H2,1-2H3. The van der Waals surface area contributed by atoms with Gasteiger partial charge in [0.2, 0.25) is 0 Å². The number of Topliss-reactive ketones (excluding diaryl/α,β-unsaturated/α-hetero) is 1. The van der Waals surface area contributed by atoms with Crippen molar-refractivity contribution in [3.05, 3.63) is 18.2 Å². The summed E-state index contributed by atoms with van der Waals surface area (Å²) in [4.78, 5) is 14.6. The normalized spacial score (nSPS) is 10.0. The van der Waals surface area contributed by atoms with Crippen LogP contribution < -0.4 is 0 Å². The van der Waals surface area contributed by atoms with Crippen molar-refractivity contribution in [2.45, 2.75) is 19.8 Å². The highest BCUT2D eigenvalue weighted by Gasteiger charge is 1.99. The fourth-order valence-electron chi connectivity index (χ4n) is 0.930. The summed E-state index contributed by atoms with van der Waals surface area (Å²) in [7, 11) is 1.93. The maximum Gasteiger partial charge on any atom is 0.130 e. The van der Waals surface area contributed by atoms with E-state index in [0.717, 1.165) is 12.1 Å².